The summed E-state index contributed by atoms with van der Waals surface area (Å²) in [5.74, 6) is -1.98. The standard InChI is InChI=1S/C23H20F2N4O5S/c1-26-22(31)19-11-15(7-8-27-19)34-14-4-5-18(16(24)10-14)29-23(32)28-13-3-6-20(17(25)9-13)35-12-21(30)33-2/h3-11H,12H2,1-2H3,(H,26,31)(H2,28,29,32). The van der Waals surface area contributed by atoms with E-state index in [9.17, 15) is 23.2 Å². The zero-order chi connectivity index (χ0) is 25.4. The molecule has 0 saturated heterocycles. The molecule has 1 aromatic heterocycles. The molecule has 0 fully saturated rings. The first-order valence-electron chi connectivity index (χ1n) is 10.0. The summed E-state index contributed by atoms with van der Waals surface area (Å²) in [6, 6.07) is 9.80. The van der Waals surface area contributed by atoms with Gasteiger partial charge >= 0.3 is 12.0 Å². The molecule has 0 aliphatic heterocycles. The first kappa shape index (κ1) is 25.4. The second-order valence-electron chi connectivity index (χ2n) is 6.79. The summed E-state index contributed by atoms with van der Waals surface area (Å²) in [7, 11) is 2.70. The van der Waals surface area contributed by atoms with Gasteiger partial charge < -0.3 is 25.4 Å². The van der Waals surface area contributed by atoms with Gasteiger partial charge in [0.1, 0.15) is 28.8 Å². The van der Waals surface area contributed by atoms with Gasteiger partial charge in [-0.3, -0.25) is 14.6 Å². The molecule has 3 rings (SSSR count). The van der Waals surface area contributed by atoms with Crippen LogP contribution in [-0.4, -0.2) is 42.8 Å². The summed E-state index contributed by atoms with van der Waals surface area (Å²) in [5, 5.41) is 7.18. The highest BCUT2D eigenvalue weighted by atomic mass is 32.2. The third-order valence-corrected chi connectivity index (χ3v) is 5.40. The van der Waals surface area contributed by atoms with Crippen molar-refractivity contribution in [2.75, 3.05) is 30.5 Å². The van der Waals surface area contributed by atoms with Gasteiger partial charge in [-0.15, -0.1) is 11.8 Å². The lowest BCUT2D eigenvalue weighted by Crippen LogP contribution is -2.20. The van der Waals surface area contributed by atoms with E-state index in [1.165, 1.54) is 56.8 Å². The van der Waals surface area contributed by atoms with Crippen molar-refractivity contribution in [2.45, 2.75) is 4.90 Å². The maximum absolute atomic E-state index is 14.5. The molecule has 2 aromatic carbocycles. The van der Waals surface area contributed by atoms with Crippen LogP contribution in [0, 0.1) is 11.6 Å². The van der Waals surface area contributed by atoms with Crippen LogP contribution in [0.5, 0.6) is 11.5 Å². The summed E-state index contributed by atoms with van der Waals surface area (Å²) < 4.78 is 38.8. The van der Waals surface area contributed by atoms with Gasteiger partial charge in [0, 0.05) is 36.0 Å². The van der Waals surface area contributed by atoms with E-state index in [1.807, 2.05) is 0 Å². The molecule has 9 nitrogen and oxygen atoms in total. The van der Waals surface area contributed by atoms with Gasteiger partial charge in [-0.1, -0.05) is 0 Å². The predicted octanol–water partition coefficient (Wildman–Crippen LogP) is 4.42. The number of anilines is 2. The summed E-state index contributed by atoms with van der Waals surface area (Å²) >= 11 is 0.954. The Kier molecular flexibility index (Phi) is 8.57. The lowest BCUT2D eigenvalue weighted by Gasteiger charge is -2.11. The monoisotopic (exact) mass is 502 g/mol. The Morgan fingerprint density at radius 3 is 2.43 bits per heavy atom. The van der Waals surface area contributed by atoms with Crippen molar-refractivity contribution in [2.24, 2.45) is 0 Å². The molecule has 3 amide bonds. The smallest absolute Gasteiger partial charge is 0.323 e. The summed E-state index contributed by atoms with van der Waals surface area (Å²) in [5.41, 5.74) is 0.126. The van der Waals surface area contributed by atoms with Gasteiger partial charge in [0.2, 0.25) is 0 Å². The first-order valence-corrected chi connectivity index (χ1v) is 11.0. The number of carbonyl (C=O) groups excluding carboxylic acids is 3. The number of ether oxygens (including phenoxy) is 2. The van der Waals surface area contributed by atoms with Crippen LogP contribution in [0.15, 0.2) is 59.6 Å². The third kappa shape index (κ3) is 7.14. The molecule has 0 aliphatic carbocycles. The summed E-state index contributed by atoms with van der Waals surface area (Å²) in [6.07, 6.45) is 1.38. The van der Waals surface area contributed by atoms with Gasteiger partial charge in [0.25, 0.3) is 5.91 Å². The molecular formula is C23H20F2N4O5S. The molecule has 1 heterocycles. The topological polar surface area (TPSA) is 119 Å². The van der Waals surface area contributed by atoms with Crippen molar-refractivity contribution >= 4 is 41.0 Å². The molecule has 3 aromatic rings. The van der Waals surface area contributed by atoms with Gasteiger partial charge in [-0.05, 0) is 36.4 Å². The van der Waals surface area contributed by atoms with Crippen molar-refractivity contribution in [3.8, 4) is 11.5 Å². The number of aromatic nitrogens is 1. The number of pyridine rings is 1. The van der Waals surface area contributed by atoms with E-state index in [0.29, 0.717) is 0 Å². The fraction of sp³-hybridized carbons (Fsp3) is 0.130. The molecule has 0 radical (unpaired) electrons. The average molecular weight is 502 g/mol. The molecule has 0 bridgehead atoms. The number of thioether (sulfide) groups is 1. The van der Waals surface area contributed by atoms with Crippen molar-refractivity contribution in [3.63, 3.8) is 0 Å². The second-order valence-corrected chi connectivity index (χ2v) is 7.81. The van der Waals surface area contributed by atoms with Gasteiger partial charge in [-0.2, -0.15) is 0 Å². The number of urea groups is 1. The SMILES string of the molecule is CNC(=O)c1cc(Oc2ccc(NC(=O)Nc3ccc(SCC(=O)OC)c(F)c3)c(F)c2)ccn1. The Labute approximate surface area is 203 Å². The lowest BCUT2D eigenvalue weighted by molar-refractivity contribution is -0.137. The van der Waals surface area contributed by atoms with Gasteiger partial charge in [0.05, 0.1) is 18.6 Å². The van der Waals surface area contributed by atoms with Crippen LogP contribution in [0.3, 0.4) is 0 Å². The lowest BCUT2D eigenvalue weighted by atomic mass is 10.2. The van der Waals surface area contributed by atoms with Crippen LogP contribution in [0.25, 0.3) is 0 Å². The number of nitrogens with zero attached hydrogens (tertiary/aromatic N) is 1. The number of esters is 1. The molecule has 0 saturated carbocycles. The molecular weight excluding hydrogens is 482 g/mol. The highest BCUT2D eigenvalue weighted by Gasteiger charge is 2.13. The Morgan fingerprint density at radius 2 is 1.74 bits per heavy atom. The molecule has 12 heteroatoms. The van der Waals surface area contributed by atoms with Crippen LogP contribution in [-0.2, 0) is 9.53 Å². The second kappa shape index (κ2) is 11.8. The van der Waals surface area contributed by atoms with Crippen LogP contribution < -0.4 is 20.7 Å². The fourth-order valence-electron chi connectivity index (χ4n) is 2.70. The minimum Gasteiger partial charge on any atom is -0.468 e. The number of halogens is 2. The van der Waals surface area contributed by atoms with E-state index >= 15 is 0 Å². The Hall–Kier alpha value is -4.19. The van der Waals surface area contributed by atoms with E-state index in [-0.39, 0.29) is 39.2 Å². The maximum atomic E-state index is 14.5. The third-order valence-electron chi connectivity index (χ3n) is 4.38. The Balaban J connectivity index is 1.61. The molecule has 0 spiro atoms. The number of amides is 3. The van der Waals surface area contributed by atoms with Crippen molar-refractivity contribution in [1.82, 2.24) is 10.3 Å². The zero-order valence-electron chi connectivity index (χ0n) is 18.6. The Bertz CT molecular complexity index is 1260. The maximum Gasteiger partial charge on any atom is 0.323 e. The highest BCUT2D eigenvalue weighted by Crippen LogP contribution is 2.27. The van der Waals surface area contributed by atoms with Crippen molar-refractivity contribution in [3.05, 3.63) is 72.1 Å². The molecule has 35 heavy (non-hydrogen) atoms. The van der Waals surface area contributed by atoms with Crippen molar-refractivity contribution in [1.29, 1.82) is 0 Å². The number of carbonyl (C=O) groups is 3. The van der Waals surface area contributed by atoms with Crippen LogP contribution in [0.4, 0.5) is 25.0 Å². The van der Waals surface area contributed by atoms with E-state index < -0.39 is 29.5 Å². The summed E-state index contributed by atoms with van der Waals surface area (Å²) in [4.78, 5) is 39.2. The predicted molar refractivity (Wildman–Crippen MR) is 126 cm³/mol. The summed E-state index contributed by atoms with van der Waals surface area (Å²) in [6.45, 7) is 0. The number of rotatable bonds is 8. The molecule has 0 atom stereocenters. The number of hydrogen-bond acceptors (Lipinski definition) is 7. The number of methoxy groups -OCH3 is 1. The van der Waals surface area contributed by atoms with Crippen molar-refractivity contribution < 1.29 is 32.6 Å². The van der Waals surface area contributed by atoms with E-state index in [1.54, 1.807) is 0 Å². The molecule has 182 valence electrons. The molecule has 0 aliphatic rings. The molecule has 0 unspecified atom stereocenters. The van der Waals surface area contributed by atoms with E-state index in [2.05, 4.69) is 25.7 Å². The quantitative estimate of drug-likeness (QED) is 0.308. The highest BCUT2D eigenvalue weighted by molar-refractivity contribution is 8.00. The van der Waals surface area contributed by atoms with Crippen LogP contribution in [0.2, 0.25) is 0 Å². The Morgan fingerprint density at radius 1 is 0.971 bits per heavy atom. The molecule has 3 N–H and O–H groups in total. The normalized spacial score (nSPS) is 10.3. The van der Waals surface area contributed by atoms with E-state index in [4.69, 9.17) is 4.74 Å². The zero-order valence-corrected chi connectivity index (χ0v) is 19.4. The fourth-order valence-corrected chi connectivity index (χ4v) is 3.45. The van der Waals surface area contributed by atoms with Crippen LogP contribution in [0.1, 0.15) is 10.5 Å². The average Bonchev–Trinajstić information content (AvgIpc) is 2.84. The number of benzene rings is 2. The van der Waals surface area contributed by atoms with Gasteiger partial charge in [0.15, 0.2) is 0 Å². The largest absolute Gasteiger partial charge is 0.468 e. The van der Waals surface area contributed by atoms with Crippen LogP contribution >= 0.6 is 11.8 Å². The first-order chi connectivity index (χ1) is 16.8. The van der Waals surface area contributed by atoms with E-state index in [0.717, 1.165) is 23.9 Å². The number of hydrogen-bond donors (Lipinski definition) is 3. The minimum absolute atomic E-state index is 0.0595. The van der Waals surface area contributed by atoms with Gasteiger partial charge in [-0.25, -0.2) is 13.6 Å². The minimum atomic E-state index is -0.795. The number of nitrogens with one attached hydrogen (secondary N) is 3.